The molecule has 1 aromatic rings. The summed E-state index contributed by atoms with van der Waals surface area (Å²) in [5, 5.41) is 12.3. The number of carbonyl (C=O) groups excluding carboxylic acids is 2. The first-order chi connectivity index (χ1) is 12.3. The van der Waals surface area contributed by atoms with Gasteiger partial charge in [0.05, 0.1) is 5.66 Å². The van der Waals surface area contributed by atoms with Crippen LogP contribution in [-0.4, -0.2) is 55.5 Å². The monoisotopic (exact) mass is 373 g/mol. The van der Waals surface area contributed by atoms with Crippen molar-refractivity contribution in [2.45, 2.75) is 37.0 Å². The van der Waals surface area contributed by atoms with Gasteiger partial charge in [-0.1, -0.05) is 30.3 Å². The highest BCUT2D eigenvalue weighted by molar-refractivity contribution is 8.00. The second-order valence-corrected chi connectivity index (χ2v) is 8.18. The zero-order valence-corrected chi connectivity index (χ0v) is 15.2. The van der Waals surface area contributed by atoms with Crippen molar-refractivity contribution in [3.8, 4) is 0 Å². The first kappa shape index (κ1) is 17.1. The van der Waals surface area contributed by atoms with Crippen LogP contribution < -0.4 is 5.32 Å². The summed E-state index contributed by atoms with van der Waals surface area (Å²) in [6.45, 7) is 3.73. The molecular formula is C18H19N3O4S. The third kappa shape index (κ3) is 2.36. The molecule has 0 aliphatic carbocycles. The number of aliphatic carboxylic acids is 1. The molecule has 2 fully saturated rings. The van der Waals surface area contributed by atoms with Crippen molar-refractivity contribution in [1.29, 1.82) is 0 Å². The number of thioether (sulfide) groups is 1. The van der Waals surface area contributed by atoms with Crippen LogP contribution in [0.3, 0.4) is 0 Å². The normalized spacial score (nSPS) is 29.9. The lowest BCUT2D eigenvalue weighted by Gasteiger charge is -2.53. The summed E-state index contributed by atoms with van der Waals surface area (Å²) in [6.07, 6.45) is 1.54. The number of fused-ring (bicyclic) bond motifs is 1. The number of rotatable bonds is 3. The average Bonchev–Trinajstić information content (AvgIpc) is 2.85. The fourth-order valence-corrected chi connectivity index (χ4v) is 5.12. The summed E-state index contributed by atoms with van der Waals surface area (Å²) in [7, 11) is 0. The molecule has 3 aliphatic heterocycles. The number of benzene rings is 1. The Morgan fingerprint density at radius 1 is 1.23 bits per heavy atom. The van der Waals surface area contributed by atoms with E-state index in [0.29, 0.717) is 5.75 Å². The SMILES string of the molecule is CC1(C)N[C@H](c2ccccc2)C(=O)N1C1C(=O)N2C(C(=O)O)=CCS[C@H]12. The Labute approximate surface area is 155 Å². The van der Waals surface area contributed by atoms with E-state index in [2.05, 4.69) is 5.32 Å². The quantitative estimate of drug-likeness (QED) is 0.773. The lowest BCUT2D eigenvalue weighted by molar-refractivity contribution is -0.162. The van der Waals surface area contributed by atoms with E-state index < -0.39 is 23.7 Å². The first-order valence-corrected chi connectivity index (χ1v) is 9.42. The lowest BCUT2D eigenvalue weighted by Crippen LogP contribution is -2.73. The number of carboxylic acid groups (broad SMARTS) is 1. The van der Waals surface area contributed by atoms with Crippen molar-refractivity contribution in [1.82, 2.24) is 15.1 Å². The molecule has 136 valence electrons. The predicted molar refractivity (Wildman–Crippen MR) is 95.8 cm³/mol. The molecule has 0 bridgehead atoms. The summed E-state index contributed by atoms with van der Waals surface area (Å²) in [6, 6.07) is 8.21. The highest BCUT2D eigenvalue weighted by Gasteiger charge is 2.61. The molecule has 0 saturated carbocycles. The van der Waals surface area contributed by atoms with Gasteiger partial charge >= 0.3 is 5.97 Å². The molecule has 7 nitrogen and oxygen atoms in total. The predicted octanol–water partition coefficient (Wildman–Crippen LogP) is 1.15. The Balaban J connectivity index is 1.64. The van der Waals surface area contributed by atoms with Gasteiger partial charge in [0.1, 0.15) is 23.2 Å². The van der Waals surface area contributed by atoms with E-state index in [4.69, 9.17) is 0 Å². The Hall–Kier alpha value is -2.32. The molecule has 4 rings (SSSR count). The zero-order valence-electron chi connectivity index (χ0n) is 14.4. The van der Waals surface area contributed by atoms with Crippen molar-refractivity contribution in [3.63, 3.8) is 0 Å². The van der Waals surface area contributed by atoms with Crippen molar-refractivity contribution in [3.05, 3.63) is 47.7 Å². The van der Waals surface area contributed by atoms with E-state index in [0.717, 1.165) is 5.56 Å². The number of carbonyl (C=O) groups is 3. The van der Waals surface area contributed by atoms with Gasteiger partial charge in [-0.05, 0) is 25.5 Å². The van der Waals surface area contributed by atoms with Crippen LogP contribution in [0.2, 0.25) is 0 Å². The van der Waals surface area contributed by atoms with Gasteiger partial charge in [-0.25, -0.2) is 4.79 Å². The number of amides is 2. The van der Waals surface area contributed by atoms with Gasteiger partial charge in [0.15, 0.2) is 0 Å². The van der Waals surface area contributed by atoms with Gasteiger partial charge in [0.2, 0.25) is 5.91 Å². The molecule has 8 heteroatoms. The van der Waals surface area contributed by atoms with Crippen molar-refractivity contribution in [2.75, 3.05) is 5.75 Å². The Bertz CT molecular complexity index is 823. The van der Waals surface area contributed by atoms with Gasteiger partial charge < -0.3 is 10.0 Å². The molecule has 2 saturated heterocycles. The minimum Gasteiger partial charge on any atom is -0.477 e. The number of hydrogen-bond donors (Lipinski definition) is 2. The first-order valence-electron chi connectivity index (χ1n) is 8.37. The Morgan fingerprint density at radius 2 is 1.92 bits per heavy atom. The maximum Gasteiger partial charge on any atom is 0.352 e. The second-order valence-electron chi connectivity index (χ2n) is 7.03. The molecule has 1 unspecified atom stereocenters. The van der Waals surface area contributed by atoms with Gasteiger partial charge in [-0.2, -0.15) is 0 Å². The second kappa shape index (κ2) is 5.85. The van der Waals surface area contributed by atoms with Crippen LogP contribution in [0.5, 0.6) is 0 Å². The highest BCUT2D eigenvalue weighted by atomic mass is 32.2. The molecular weight excluding hydrogens is 354 g/mol. The molecule has 3 heterocycles. The van der Waals surface area contributed by atoms with Crippen LogP contribution in [-0.2, 0) is 14.4 Å². The fourth-order valence-electron chi connectivity index (χ4n) is 3.88. The highest BCUT2D eigenvalue weighted by Crippen LogP contribution is 2.44. The Morgan fingerprint density at radius 3 is 2.58 bits per heavy atom. The summed E-state index contributed by atoms with van der Waals surface area (Å²) >= 11 is 1.48. The third-order valence-electron chi connectivity index (χ3n) is 5.03. The number of β-lactam (4-membered cyclic amide) rings is 1. The van der Waals surface area contributed by atoms with Crippen LogP contribution in [0.15, 0.2) is 42.1 Å². The van der Waals surface area contributed by atoms with E-state index in [1.54, 1.807) is 11.0 Å². The topological polar surface area (TPSA) is 90.0 Å². The fraction of sp³-hybridized carbons (Fsp3) is 0.389. The smallest absolute Gasteiger partial charge is 0.352 e. The summed E-state index contributed by atoms with van der Waals surface area (Å²) in [4.78, 5) is 40.2. The van der Waals surface area contributed by atoms with E-state index >= 15 is 0 Å². The molecule has 3 atom stereocenters. The third-order valence-corrected chi connectivity index (χ3v) is 6.20. The molecule has 0 radical (unpaired) electrons. The minimum atomic E-state index is -1.12. The van der Waals surface area contributed by atoms with Crippen LogP contribution in [0, 0.1) is 0 Å². The largest absolute Gasteiger partial charge is 0.477 e. The van der Waals surface area contributed by atoms with E-state index in [-0.39, 0.29) is 22.9 Å². The standard InChI is InChI=1S/C18H19N3O4S/c1-18(2)19-12(10-6-4-3-5-7-10)14(22)21(18)13-15(23)20-11(17(24)25)8-9-26-16(13)20/h3-8,12-13,16,19H,9H2,1-2H3,(H,24,25)/t12-,13?,16-/m1/s1. The minimum absolute atomic E-state index is 0.00650. The molecule has 2 N–H and O–H groups in total. The van der Waals surface area contributed by atoms with Crippen LogP contribution >= 0.6 is 11.8 Å². The zero-order chi connectivity index (χ0) is 18.6. The van der Waals surface area contributed by atoms with Gasteiger partial charge in [-0.3, -0.25) is 19.8 Å². The molecule has 26 heavy (non-hydrogen) atoms. The van der Waals surface area contributed by atoms with Crippen LogP contribution in [0.1, 0.15) is 25.5 Å². The number of nitrogens with zero attached hydrogens (tertiary/aromatic N) is 2. The van der Waals surface area contributed by atoms with Crippen molar-refractivity contribution >= 4 is 29.5 Å². The maximum absolute atomic E-state index is 13.1. The van der Waals surface area contributed by atoms with Crippen molar-refractivity contribution in [2.24, 2.45) is 0 Å². The number of hydrogen-bond acceptors (Lipinski definition) is 5. The van der Waals surface area contributed by atoms with E-state index in [1.807, 2.05) is 44.2 Å². The molecule has 0 spiro atoms. The Kier molecular flexibility index (Phi) is 3.85. The summed E-state index contributed by atoms with van der Waals surface area (Å²) in [5.41, 5.74) is 0.140. The van der Waals surface area contributed by atoms with E-state index in [1.165, 1.54) is 16.7 Å². The van der Waals surface area contributed by atoms with Crippen LogP contribution in [0.25, 0.3) is 0 Å². The summed E-state index contributed by atoms with van der Waals surface area (Å²) < 4.78 is 0. The van der Waals surface area contributed by atoms with Gasteiger partial charge in [0, 0.05) is 5.75 Å². The molecule has 1 aromatic carbocycles. The van der Waals surface area contributed by atoms with Crippen molar-refractivity contribution < 1.29 is 19.5 Å². The molecule has 0 aromatic heterocycles. The van der Waals surface area contributed by atoms with Gasteiger partial charge in [0.25, 0.3) is 5.91 Å². The van der Waals surface area contributed by atoms with E-state index in [9.17, 15) is 19.5 Å². The molecule has 2 amide bonds. The average molecular weight is 373 g/mol. The lowest BCUT2D eigenvalue weighted by atomic mass is 10.00. The van der Waals surface area contributed by atoms with Crippen LogP contribution in [0.4, 0.5) is 0 Å². The number of carboxylic acids is 1. The maximum atomic E-state index is 13.1. The van der Waals surface area contributed by atoms with Gasteiger partial charge in [-0.15, -0.1) is 11.8 Å². The number of nitrogens with one attached hydrogen (secondary N) is 1. The summed E-state index contributed by atoms with van der Waals surface area (Å²) in [5.74, 6) is -1.11. The molecule has 3 aliphatic rings.